The first-order valence-corrected chi connectivity index (χ1v) is 12.4. The number of carboxylic acid groups (broad SMARTS) is 1. The molecule has 6 nitrogen and oxygen atoms in total. The zero-order chi connectivity index (χ0) is 25.8. The number of carbonyl (C=O) groups is 2. The molecule has 0 unspecified atom stereocenters. The number of amides is 1. The van der Waals surface area contributed by atoms with Crippen molar-refractivity contribution in [3.63, 3.8) is 0 Å². The van der Waals surface area contributed by atoms with Crippen LogP contribution in [-0.4, -0.2) is 38.3 Å². The molecule has 7 heteroatoms. The number of carboxylic acids is 1. The lowest BCUT2D eigenvalue weighted by Gasteiger charge is -2.59. The topological polar surface area (TPSA) is 91.6 Å². The van der Waals surface area contributed by atoms with Gasteiger partial charge in [0.2, 0.25) is 0 Å². The maximum absolute atomic E-state index is 14.6. The van der Waals surface area contributed by atoms with Gasteiger partial charge < -0.3 is 20.1 Å². The van der Waals surface area contributed by atoms with Crippen molar-refractivity contribution in [3.8, 4) is 11.1 Å². The number of nitrogens with zero attached hydrogens (tertiary/aromatic N) is 1. The lowest BCUT2D eigenvalue weighted by atomic mass is 9.48. The van der Waals surface area contributed by atoms with Crippen LogP contribution in [0.25, 0.3) is 22.0 Å². The second-order valence-corrected chi connectivity index (χ2v) is 10.6. The van der Waals surface area contributed by atoms with Crippen molar-refractivity contribution >= 4 is 22.8 Å². The normalized spacial score (nSPS) is 24.4. The molecule has 2 aliphatic carbocycles. The Morgan fingerprint density at radius 2 is 1.62 bits per heavy atom. The first-order valence-electron chi connectivity index (χ1n) is 12.4. The van der Waals surface area contributed by atoms with E-state index >= 15 is 0 Å². The molecule has 4 aromatic rings. The molecular weight excluding hydrogens is 471 g/mol. The Morgan fingerprint density at radius 1 is 0.946 bits per heavy atom. The molecule has 37 heavy (non-hydrogen) atoms. The highest BCUT2D eigenvalue weighted by Crippen LogP contribution is 2.60. The molecule has 2 aliphatic rings. The highest BCUT2D eigenvalue weighted by atomic mass is 19.1. The zero-order valence-electron chi connectivity index (χ0n) is 20.2. The molecule has 0 radical (unpaired) electrons. The van der Waals surface area contributed by atoms with Gasteiger partial charge in [0.25, 0.3) is 5.91 Å². The van der Waals surface area contributed by atoms with Crippen LogP contribution in [0.4, 0.5) is 4.39 Å². The number of halogens is 1. The van der Waals surface area contributed by atoms with Gasteiger partial charge in [-0.15, -0.1) is 0 Å². The Balaban J connectivity index is 1.19. The molecule has 2 fully saturated rings. The van der Waals surface area contributed by atoms with E-state index in [1.165, 1.54) is 12.1 Å². The summed E-state index contributed by atoms with van der Waals surface area (Å²) in [4.78, 5) is 24.4. The van der Waals surface area contributed by atoms with Crippen LogP contribution in [0.5, 0.6) is 0 Å². The van der Waals surface area contributed by atoms with Crippen LogP contribution in [0.1, 0.15) is 41.6 Å². The molecule has 0 atom stereocenters. The predicted molar refractivity (Wildman–Crippen MR) is 138 cm³/mol. The van der Waals surface area contributed by atoms with Crippen molar-refractivity contribution in [1.29, 1.82) is 0 Å². The third-order valence-corrected chi connectivity index (χ3v) is 7.96. The van der Waals surface area contributed by atoms with Gasteiger partial charge in [-0.25, -0.2) is 9.18 Å². The van der Waals surface area contributed by atoms with Gasteiger partial charge in [-0.05, 0) is 66.0 Å². The Morgan fingerprint density at radius 3 is 2.30 bits per heavy atom. The third kappa shape index (κ3) is 4.09. The number of aliphatic hydroxyl groups is 1. The van der Waals surface area contributed by atoms with E-state index in [1.54, 1.807) is 12.3 Å². The van der Waals surface area contributed by atoms with Crippen LogP contribution in [-0.2, 0) is 11.3 Å². The van der Waals surface area contributed by atoms with E-state index in [0.29, 0.717) is 35.9 Å². The van der Waals surface area contributed by atoms with Crippen molar-refractivity contribution in [3.05, 3.63) is 95.9 Å². The summed E-state index contributed by atoms with van der Waals surface area (Å²) in [6, 6.07) is 22.7. The van der Waals surface area contributed by atoms with E-state index in [9.17, 15) is 19.1 Å². The van der Waals surface area contributed by atoms with Gasteiger partial charge in [0, 0.05) is 24.2 Å². The largest absolute Gasteiger partial charge is 0.479 e. The number of aliphatic carboxylic acids is 1. The standard InChI is InChI=1S/C30H27FN2O4/c31-25-11-10-24(27(34)32-22-14-29(15-22)17-30(37,18-29)28(35)36)26-23(25)12-13-33(26)16-19-6-8-21(9-7-19)20-4-2-1-3-5-20/h1-13,22,37H,14-18H2,(H,32,34)(H,35,36). The van der Waals surface area contributed by atoms with Crippen LogP contribution < -0.4 is 5.32 Å². The lowest BCUT2D eigenvalue weighted by Crippen LogP contribution is -2.65. The van der Waals surface area contributed by atoms with Crippen LogP contribution in [0, 0.1) is 11.2 Å². The Kier molecular flexibility index (Phi) is 5.42. The summed E-state index contributed by atoms with van der Waals surface area (Å²) in [6.07, 6.45) is 3.50. The fourth-order valence-corrected chi connectivity index (χ4v) is 6.21. The number of benzene rings is 3. The zero-order valence-corrected chi connectivity index (χ0v) is 20.2. The van der Waals surface area contributed by atoms with Gasteiger partial charge in [-0.2, -0.15) is 0 Å². The highest BCUT2D eigenvalue weighted by Gasteiger charge is 2.63. The monoisotopic (exact) mass is 498 g/mol. The summed E-state index contributed by atoms with van der Waals surface area (Å²) in [5.41, 5.74) is 2.37. The number of fused-ring (bicyclic) bond motifs is 1. The summed E-state index contributed by atoms with van der Waals surface area (Å²) in [6.45, 7) is 0.489. The quantitative estimate of drug-likeness (QED) is 0.350. The Bertz CT molecular complexity index is 1500. The van der Waals surface area contributed by atoms with E-state index in [-0.39, 0.29) is 36.0 Å². The summed E-state index contributed by atoms with van der Waals surface area (Å²) >= 11 is 0. The summed E-state index contributed by atoms with van der Waals surface area (Å²) in [5.74, 6) is -1.85. The molecule has 6 rings (SSSR count). The fourth-order valence-electron chi connectivity index (χ4n) is 6.21. The first kappa shape index (κ1) is 23.4. The van der Waals surface area contributed by atoms with Gasteiger partial charge in [0.1, 0.15) is 5.82 Å². The second-order valence-electron chi connectivity index (χ2n) is 10.6. The fraction of sp³-hybridized carbons (Fsp3) is 0.267. The summed E-state index contributed by atoms with van der Waals surface area (Å²) in [5, 5.41) is 22.6. The number of nitrogens with one attached hydrogen (secondary N) is 1. The van der Waals surface area contributed by atoms with Crippen molar-refractivity contribution in [2.45, 2.75) is 43.9 Å². The maximum Gasteiger partial charge on any atom is 0.335 e. The van der Waals surface area contributed by atoms with Crippen LogP contribution in [0.15, 0.2) is 79.0 Å². The second kappa shape index (κ2) is 8.56. The molecule has 1 spiro atoms. The van der Waals surface area contributed by atoms with Crippen LogP contribution >= 0.6 is 0 Å². The van der Waals surface area contributed by atoms with E-state index in [0.717, 1.165) is 16.7 Å². The van der Waals surface area contributed by atoms with E-state index in [1.807, 2.05) is 34.9 Å². The highest BCUT2D eigenvalue weighted by molar-refractivity contribution is 6.06. The minimum Gasteiger partial charge on any atom is -0.479 e. The molecule has 0 saturated heterocycles. The van der Waals surface area contributed by atoms with Gasteiger partial charge in [0.15, 0.2) is 5.60 Å². The van der Waals surface area contributed by atoms with Gasteiger partial charge in [0.05, 0.1) is 11.1 Å². The predicted octanol–water partition coefficient (Wildman–Crippen LogP) is 4.98. The molecular formula is C30H27FN2O4. The SMILES string of the molecule is O=C(NC1CC2(C1)CC(O)(C(=O)O)C2)c1ccc(F)c2ccn(Cc3ccc(-c4ccccc4)cc3)c12. The Hall–Kier alpha value is -3.97. The Labute approximate surface area is 213 Å². The average Bonchev–Trinajstić information content (AvgIpc) is 3.27. The smallest absolute Gasteiger partial charge is 0.335 e. The first-order chi connectivity index (χ1) is 17.8. The minimum absolute atomic E-state index is 0.0973. The molecule has 0 aliphatic heterocycles. The molecule has 1 amide bonds. The molecule has 2 saturated carbocycles. The van der Waals surface area contributed by atoms with Crippen molar-refractivity contribution in [1.82, 2.24) is 9.88 Å². The molecule has 188 valence electrons. The van der Waals surface area contributed by atoms with Crippen molar-refractivity contribution in [2.75, 3.05) is 0 Å². The summed E-state index contributed by atoms with van der Waals surface area (Å²) < 4.78 is 16.5. The number of hydrogen-bond donors (Lipinski definition) is 3. The molecule has 3 aromatic carbocycles. The van der Waals surface area contributed by atoms with Crippen molar-refractivity contribution < 1.29 is 24.2 Å². The molecule has 0 bridgehead atoms. The molecule has 3 N–H and O–H groups in total. The van der Waals surface area contributed by atoms with E-state index in [4.69, 9.17) is 5.11 Å². The summed E-state index contributed by atoms with van der Waals surface area (Å²) in [7, 11) is 0. The van der Waals surface area contributed by atoms with Crippen molar-refractivity contribution in [2.24, 2.45) is 5.41 Å². The number of aromatic nitrogens is 1. The lowest BCUT2D eigenvalue weighted by molar-refractivity contribution is -0.202. The van der Waals surface area contributed by atoms with Gasteiger partial charge in [-0.1, -0.05) is 54.6 Å². The molecule has 1 heterocycles. The molecule has 1 aromatic heterocycles. The third-order valence-electron chi connectivity index (χ3n) is 7.96. The number of hydrogen-bond acceptors (Lipinski definition) is 3. The van der Waals surface area contributed by atoms with Crippen LogP contribution in [0.3, 0.4) is 0 Å². The average molecular weight is 499 g/mol. The number of carbonyl (C=O) groups excluding carboxylic acids is 1. The van der Waals surface area contributed by atoms with Gasteiger partial charge in [-0.3, -0.25) is 4.79 Å². The maximum atomic E-state index is 14.6. The number of rotatable bonds is 6. The van der Waals surface area contributed by atoms with E-state index in [2.05, 4.69) is 29.6 Å². The minimum atomic E-state index is -1.64. The van der Waals surface area contributed by atoms with E-state index < -0.39 is 11.6 Å². The van der Waals surface area contributed by atoms with Crippen LogP contribution in [0.2, 0.25) is 0 Å². The van der Waals surface area contributed by atoms with Gasteiger partial charge >= 0.3 is 5.97 Å².